The number of aromatic nitrogens is 1. The Kier molecular flexibility index (Phi) is 3.15. The van der Waals surface area contributed by atoms with E-state index >= 15 is 0 Å². The topological polar surface area (TPSA) is 30.0 Å². The predicted octanol–water partition coefficient (Wildman–Crippen LogP) is 3.58. The van der Waals surface area contributed by atoms with Crippen molar-refractivity contribution >= 4 is 17.1 Å². The number of hydrogen-bond acceptors (Lipinski definition) is 3. The highest BCUT2D eigenvalue weighted by atomic mass is 32.1. The molecule has 2 nitrogen and oxygen atoms in total. The summed E-state index contributed by atoms with van der Waals surface area (Å²) in [4.78, 5) is 15.7. The lowest BCUT2D eigenvalue weighted by molar-refractivity contribution is 0.101. The van der Waals surface area contributed by atoms with Crippen LogP contribution >= 0.6 is 11.3 Å². The van der Waals surface area contributed by atoms with Gasteiger partial charge in [-0.15, -0.1) is 11.3 Å². The molecule has 82 valence electrons. The van der Waals surface area contributed by atoms with Crippen molar-refractivity contribution in [1.82, 2.24) is 4.98 Å². The van der Waals surface area contributed by atoms with Crippen LogP contribution in [0.2, 0.25) is 0 Å². The zero-order valence-electron chi connectivity index (χ0n) is 9.36. The molecule has 16 heavy (non-hydrogen) atoms. The molecule has 0 aliphatic carbocycles. The number of rotatable bonds is 3. The maximum absolute atomic E-state index is 11.4. The van der Waals surface area contributed by atoms with E-state index in [0.717, 1.165) is 28.1 Å². The second kappa shape index (κ2) is 4.58. The van der Waals surface area contributed by atoms with E-state index < -0.39 is 0 Å². The Balaban J connectivity index is 2.49. The molecule has 0 atom stereocenters. The Bertz CT molecular complexity index is 503. The van der Waals surface area contributed by atoms with Crippen LogP contribution in [0.15, 0.2) is 29.8 Å². The molecule has 0 fully saturated rings. The number of thiazole rings is 1. The molecule has 2 rings (SSSR count). The summed E-state index contributed by atoms with van der Waals surface area (Å²) in [6.45, 7) is 3.67. The van der Waals surface area contributed by atoms with Crippen LogP contribution in [0.5, 0.6) is 0 Å². The molecule has 1 aromatic carbocycles. The van der Waals surface area contributed by atoms with E-state index in [9.17, 15) is 4.79 Å². The van der Waals surface area contributed by atoms with E-state index in [1.165, 1.54) is 0 Å². The molecule has 0 amide bonds. The van der Waals surface area contributed by atoms with Crippen LogP contribution in [0, 0.1) is 0 Å². The zero-order valence-corrected chi connectivity index (χ0v) is 10.2. The molecular weight excluding hydrogens is 218 g/mol. The van der Waals surface area contributed by atoms with Gasteiger partial charge in [0.2, 0.25) is 0 Å². The van der Waals surface area contributed by atoms with E-state index in [2.05, 4.69) is 18.0 Å². The average molecular weight is 231 g/mol. The van der Waals surface area contributed by atoms with Gasteiger partial charge < -0.3 is 0 Å². The second-order valence-corrected chi connectivity index (χ2v) is 4.51. The minimum Gasteiger partial charge on any atom is -0.295 e. The molecule has 0 aliphatic heterocycles. The molecule has 0 saturated carbocycles. The van der Waals surface area contributed by atoms with E-state index in [4.69, 9.17) is 0 Å². The summed E-state index contributed by atoms with van der Waals surface area (Å²) in [6, 6.07) is 5.93. The number of benzene rings is 1. The summed E-state index contributed by atoms with van der Waals surface area (Å²) in [7, 11) is 0. The predicted molar refractivity (Wildman–Crippen MR) is 66.9 cm³/mol. The fourth-order valence-electron chi connectivity index (χ4n) is 1.73. The molecule has 0 saturated heterocycles. The van der Waals surface area contributed by atoms with Crippen LogP contribution in [-0.4, -0.2) is 10.8 Å². The smallest absolute Gasteiger partial charge is 0.160 e. The molecule has 0 N–H and O–H groups in total. The molecular formula is C13H13NOS. The normalized spacial score (nSPS) is 10.4. The standard InChI is InChI=1S/C13H13NOS/c1-3-10-8-11(13-14-6-7-16-13)4-5-12(10)9(2)15/h4-8H,3H2,1-2H3. The molecule has 3 heteroatoms. The molecule has 0 spiro atoms. The number of ketones is 1. The monoisotopic (exact) mass is 231 g/mol. The minimum atomic E-state index is 0.127. The van der Waals surface area contributed by atoms with Gasteiger partial charge in [0.15, 0.2) is 5.78 Å². The molecule has 0 bridgehead atoms. The Labute approximate surface area is 99.0 Å². The Morgan fingerprint density at radius 2 is 2.25 bits per heavy atom. The number of carbonyl (C=O) groups excluding carboxylic acids is 1. The molecule has 2 aromatic rings. The van der Waals surface area contributed by atoms with E-state index in [-0.39, 0.29) is 5.78 Å². The van der Waals surface area contributed by atoms with Gasteiger partial charge in [-0.2, -0.15) is 0 Å². The summed E-state index contributed by atoms with van der Waals surface area (Å²) < 4.78 is 0. The van der Waals surface area contributed by atoms with Crippen LogP contribution in [-0.2, 0) is 6.42 Å². The first-order valence-electron chi connectivity index (χ1n) is 5.26. The van der Waals surface area contributed by atoms with Crippen molar-refractivity contribution in [2.75, 3.05) is 0 Å². The quantitative estimate of drug-likeness (QED) is 0.756. The van der Waals surface area contributed by atoms with Crippen molar-refractivity contribution in [3.63, 3.8) is 0 Å². The summed E-state index contributed by atoms with van der Waals surface area (Å²) in [6.07, 6.45) is 2.67. The number of Topliss-reactive ketones (excluding diaryl/α,β-unsaturated/α-hetero) is 1. The first kappa shape index (κ1) is 11.0. The third kappa shape index (κ3) is 2.04. The Morgan fingerprint density at radius 3 is 2.81 bits per heavy atom. The molecule has 0 aliphatic rings. The minimum absolute atomic E-state index is 0.127. The number of nitrogens with zero attached hydrogens (tertiary/aromatic N) is 1. The second-order valence-electron chi connectivity index (χ2n) is 3.62. The first-order chi connectivity index (χ1) is 7.72. The van der Waals surface area contributed by atoms with Crippen molar-refractivity contribution in [3.8, 4) is 10.6 Å². The lowest BCUT2D eigenvalue weighted by atomic mass is 9.99. The van der Waals surface area contributed by atoms with Crippen LogP contribution in [0.3, 0.4) is 0 Å². The van der Waals surface area contributed by atoms with Gasteiger partial charge in [-0.3, -0.25) is 4.79 Å². The number of carbonyl (C=O) groups is 1. The van der Waals surface area contributed by atoms with Gasteiger partial charge in [-0.25, -0.2) is 4.98 Å². The van der Waals surface area contributed by atoms with Gasteiger partial charge >= 0.3 is 0 Å². The number of aryl methyl sites for hydroxylation is 1. The van der Waals surface area contributed by atoms with Gasteiger partial charge in [-0.1, -0.05) is 19.1 Å². The average Bonchev–Trinajstić information content (AvgIpc) is 2.81. The SMILES string of the molecule is CCc1cc(-c2nccs2)ccc1C(C)=O. The fourth-order valence-corrected chi connectivity index (χ4v) is 2.36. The van der Waals surface area contributed by atoms with Crippen LogP contribution < -0.4 is 0 Å². The van der Waals surface area contributed by atoms with Crippen molar-refractivity contribution in [1.29, 1.82) is 0 Å². The molecule has 1 aromatic heterocycles. The van der Waals surface area contributed by atoms with Crippen molar-refractivity contribution in [2.24, 2.45) is 0 Å². The largest absolute Gasteiger partial charge is 0.295 e. The van der Waals surface area contributed by atoms with Crippen LogP contribution in [0.1, 0.15) is 29.8 Å². The Hall–Kier alpha value is -1.48. The Morgan fingerprint density at radius 1 is 1.44 bits per heavy atom. The third-order valence-corrected chi connectivity index (χ3v) is 3.37. The van der Waals surface area contributed by atoms with Gasteiger partial charge in [0.05, 0.1) is 0 Å². The third-order valence-electron chi connectivity index (χ3n) is 2.54. The lowest BCUT2D eigenvalue weighted by Gasteiger charge is -2.06. The van der Waals surface area contributed by atoms with Gasteiger partial charge in [0, 0.05) is 22.7 Å². The molecule has 1 heterocycles. The maximum atomic E-state index is 11.4. The van der Waals surface area contributed by atoms with Crippen molar-refractivity contribution in [3.05, 3.63) is 40.9 Å². The highest BCUT2D eigenvalue weighted by molar-refractivity contribution is 7.13. The van der Waals surface area contributed by atoms with Crippen molar-refractivity contribution in [2.45, 2.75) is 20.3 Å². The van der Waals surface area contributed by atoms with Gasteiger partial charge in [-0.05, 0) is 25.0 Å². The lowest BCUT2D eigenvalue weighted by Crippen LogP contribution is -1.98. The van der Waals surface area contributed by atoms with Gasteiger partial charge in [0.1, 0.15) is 5.01 Å². The van der Waals surface area contributed by atoms with E-state index in [1.54, 1.807) is 24.5 Å². The van der Waals surface area contributed by atoms with E-state index in [1.807, 2.05) is 17.5 Å². The summed E-state index contributed by atoms with van der Waals surface area (Å²) in [5, 5.41) is 2.96. The van der Waals surface area contributed by atoms with E-state index in [0.29, 0.717) is 0 Å². The van der Waals surface area contributed by atoms with Crippen LogP contribution in [0.4, 0.5) is 0 Å². The van der Waals surface area contributed by atoms with Crippen LogP contribution in [0.25, 0.3) is 10.6 Å². The summed E-state index contributed by atoms with van der Waals surface area (Å²) in [5.74, 6) is 0.127. The maximum Gasteiger partial charge on any atom is 0.160 e. The zero-order chi connectivity index (χ0) is 11.5. The molecule has 0 unspecified atom stereocenters. The first-order valence-corrected chi connectivity index (χ1v) is 6.14. The summed E-state index contributed by atoms with van der Waals surface area (Å²) >= 11 is 1.61. The van der Waals surface area contributed by atoms with Gasteiger partial charge in [0.25, 0.3) is 0 Å². The highest BCUT2D eigenvalue weighted by Gasteiger charge is 2.08. The van der Waals surface area contributed by atoms with Crippen molar-refractivity contribution < 1.29 is 4.79 Å². The highest BCUT2D eigenvalue weighted by Crippen LogP contribution is 2.24. The number of hydrogen-bond donors (Lipinski definition) is 0. The fraction of sp³-hybridized carbons (Fsp3) is 0.231. The summed E-state index contributed by atoms with van der Waals surface area (Å²) in [5.41, 5.74) is 3.01. The molecule has 0 radical (unpaired) electrons.